The Labute approximate surface area is 126 Å². The van der Waals surface area contributed by atoms with Gasteiger partial charge in [-0.25, -0.2) is 4.39 Å². The molecule has 21 heavy (non-hydrogen) atoms. The highest BCUT2D eigenvalue weighted by Gasteiger charge is 2.52. The maximum Gasteiger partial charge on any atom is 0.393 e. The number of alkyl halides is 3. The lowest BCUT2D eigenvalue weighted by Crippen LogP contribution is -2.33. The van der Waals surface area contributed by atoms with Gasteiger partial charge in [-0.2, -0.15) is 13.2 Å². The Hall–Kier alpha value is -1.15. The molecule has 2 atom stereocenters. The van der Waals surface area contributed by atoms with Crippen LogP contribution in [0, 0.1) is 17.7 Å². The number of aliphatic carboxylic acids is 1. The minimum atomic E-state index is -4.54. The third kappa shape index (κ3) is 3.74. The Kier molecular flexibility index (Phi) is 4.57. The molecule has 0 aromatic heterocycles. The molecule has 1 aliphatic heterocycles. The van der Waals surface area contributed by atoms with Crippen molar-refractivity contribution in [2.45, 2.75) is 12.7 Å². The number of nitrogens with zero attached hydrogens (tertiary/aromatic N) is 1. The summed E-state index contributed by atoms with van der Waals surface area (Å²) in [4.78, 5) is 12.4. The predicted octanol–water partition coefficient (Wildman–Crippen LogP) is 3.28. The first-order valence-electron chi connectivity index (χ1n) is 6.14. The fourth-order valence-electron chi connectivity index (χ4n) is 2.49. The van der Waals surface area contributed by atoms with E-state index < -0.39 is 29.8 Å². The van der Waals surface area contributed by atoms with Crippen molar-refractivity contribution in [1.29, 1.82) is 0 Å². The van der Waals surface area contributed by atoms with Crippen LogP contribution in [0.4, 0.5) is 17.6 Å². The number of likely N-dealkylation sites (tertiary alicyclic amines) is 1. The minimum Gasteiger partial charge on any atom is -0.481 e. The highest BCUT2D eigenvalue weighted by molar-refractivity contribution is 9.10. The van der Waals surface area contributed by atoms with E-state index in [1.54, 1.807) is 0 Å². The minimum absolute atomic E-state index is 0.148. The van der Waals surface area contributed by atoms with Gasteiger partial charge < -0.3 is 5.11 Å². The molecule has 1 saturated heterocycles. The highest BCUT2D eigenvalue weighted by Crippen LogP contribution is 2.38. The molecule has 1 N–H and O–H groups in total. The largest absolute Gasteiger partial charge is 0.481 e. The molecular formula is C13H12BrF4NO2. The van der Waals surface area contributed by atoms with Gasteiger partial charge in [0.25, 0.3) is 0 Å². The average Bonchev–Trinajstić information content (AvgIpc) is 2.78. The van der Waals surface area contributed by atoms with E-state index in [0.717, 1.165) is 0 Å². The molecule has 1 fully saturated rings. The van der Waals surface area contributed by atoms with Gasteiger partial charge in [0.1, 0.15) is 5.82 Å². The Morgan fingerprint density at radius 2 is 2.05 bits per heavy atom. The van der Waals surface area contributed by atoms with Crippen molar-refractivity contribution < 1.29 is 27.5 Å². The van der Waals surface area contributed by atoms with Crippen LogP contribution in [0.1, 0.15) is 5.56 Å². The number of rotatable bonds is 3. The van der Waals surface area contributed by atoms with E-state index in [-0.39, 0.29) is 24.1 Å². The molecule has 1 aliphatic rings. The van der Waals surface area contributed by atoms with Gasteiger partial charge in [0.05, 0.1) is 16.3 Å². The maximum atomic E-state index is 13.1. The number of hydrogen-bond acceptors (Lipinski definition) is 2. The molecule has 8 heteroatoms. The number of carboxylic acids is 1. The zero-order valence-electron chi connectivity index (χ0n) is 10.7. The summed E-state index contributed by atoms with van der Waals surface area (Å²) in [6, 6.07) is 4.16. The van der Waals surface area contributed by atoms with Crippen LogP contribution in [0.3, 0.4) is 0 Å². The molecule has 116 valence electrons. The molecule has 3 nitrogen and oxygen atoms in total. The van der Waals surface area contributed by atoms with Crippen molar-refractivity contribution >= 4 is 21.9 Å². The highest BCUT2D eigenvalue weighted by atomic mass is 79.9. The lowest BCUT2D eigenvalue weighted by molar-refractivity contribution is -0.188. The van der Waals surface area contributed by atoms with Gasteiger partial charge >= 0.3 is 12.1 Å². The molecular weight excluding hydrogens is 358 g/mol. The topological polar surface area (TPSA) is 40.5 Å². The van der Waals surface area contributed by atoms with Crippen molar-refractivity contribution in [1.82, 2.24) is 4.90 Å². The normalized spacial score (nSPS) is 23.5. The average molecular weight is 370 g/mol. The van der Waals surface area contributed by atoms with Crippen LogP contribution in [0.15, 0.2) is 22.7 Å². The fraction of sp³-hybridized carbons (Fsp3) is 0.462. The van der Waals surface area contributed by atoms with Crippen LogP contribution in [-0.4, -0.2) is 35.2 Å². The third-order valence-electron chi connectivity index (χ3n) is 3.52. The molecule has 0 bridgehead atoms. The van der Waals surface area contributed by atoms with Crippen molar-refractivity contribution in [3.05, 3.63) is 34.1 Å². The van der Waals surface area contributed by atoms with Crippen molar-refractivity contribution in [2.24, 2.45) is 11.8 Å². The van der Waals surface area contributed by atoms with E-state index in [4.69, 9.17) is 5.11 Å². The fourth-order valence-corrected chi connectivity index (χ4v) is 2.92. The summed E-state index contributed by atoms with van der Waals surface area (Å²) in [7, 11) is 0. The SMILES string of the molecule is O=C(O)[C@@H]1CN(Cc2ccc(F)c(Br)c2)C[C@H]1C(F)(F)F. The van der Waals surface area contributed by atoms with Gasteiger partial charge in [0, 0.05) is 19.6 Å². The van der Waals surface area contributed by atoms with Crippen LogP contribution in [0.2, 0.25) is 0 Å². The molecule has 0 radical (unpaired) electrons. The Morgan fingerprint density at radius 3 is 2.52 bits per heavy atom. The number of carboxylic acid groups (broad SMARTS) is 1. The maximum absolute atomic E-state index is 13.1. The monoisotopic (exact) mass is 369 g/mol. The first-order valence-corrected chi connectivity index (χ1v) is 6.93. The van der Waals surface area contributed by atoms with Crippen LogP contribution >= 0.6 is 15.9 Å². The zero-order chi connectivity index (χ0) is 15.8. The van der Waals surface area contributed by atoms with Crippen LogP contribution in [0.25, 0.3) is 0 Å². The van der Waals surface area contributed by atoms with E-state index in [9.17, 15) is 22.4 Å². The smallest absolute Gasteiger partial charge is 0.393 e. The van der Waals surface area contributed by atoms with E-state index in [1.807, 2.05) is 0 Å². The summed E-state index contributed by atoms with van der Waals surface area (Å²) in [5, 5.41) is 8.93. The summed E-state index contributed by atoms with van der Waals surface area (Å²) < 4.78 is 51.9. The molecule has 1 aromatic rings. The lowest BCUT2D eigenvalue weighted by atomic mass is 9.96. The standard InChI is InChI=1S/C13H12BrF4NO2/c14-10-3-7(1-2-11(10)15)4-19-5-8(12(20)21)9(6-19)13(16,17)18/h1-3,8-9H,4-6H2,(H,20,21)/t8-,9-/m1/s1. The van der Waals surface area contributed by atoms with Crippen molar-refractivity contribution in [3.8, 4) is 0 Å². The Bertz CT molecular complexity index is 549. The second kappa shape index (κ2) is 5.92. The third-order valence-corrected chi connectivity index (χ3v) is 4.13. The number of benzene rings is 1. The Balaban J connectivity index is 2.12. The first kappa shape index (κ1) is 16.2. The van der Waals surface area contributed by atoms with E-state index in [1.165, 1.54) is 23.1 Å². The van der Waals surface area contributed by atoms with Gasteiger partial charge in [-0.3, -0.25) is 9.69 Å². The van der Waals surface area contributed by atoms with Gasteiger partial charge in [0.15, 0.2) is 0 Å². The number of halogens is 5. The van der Waals surface area contributed by atoms with Gasteiger partial charge in [-0.05, 0) is 33.6 Å². The molecule has 0 unspecified atom stereocenters. The van der Waals surface area contributed by atoms with Crippen molar-refractivity contribution in [2.75, 3.05) is 13.1 Å². The summed E-state index contributed by atoms with van der Waals surface area (Å²) in [6.07, 6.45) is -4.54. The molecule has 0 saturated carbocycles. The van der Waals surface area contributed by atoms with Crippen LogP contribution in [0.5, 0.6) is 0 Å². The van der Waals surface area contributed by atoms with Crippen LogP contribution in [-0.2, 0) is 11.3 Å². The summed E-state index contributed by atoms with van der Waals surface area (Å²) >= 11 is 3.01. The molecule has 1 aromatic carbocycles. The van der Waals surface area contributed by atoms with E-state index >= 15 is 0 Å². The molecule has 0 amide bonds. The predicted molar refractivity (Wildman–Crippen MR) is 70.0 cm³/mol. The Morgan fingerprint density at radius 1 is 1.38 bits per heavy atom. The first-order chi connectivity index (χ1) is 9.68. The summed E-state index contributed by atoms with van der Waals surface area (Å²) in [5.74, 6) is -5.25. The van der Waals surface area contributed by atoms with E-state index in [2.05, 4.69) is 15.9 Å². The quantitative estimate of drug-likeness (QED) is 0.831. The zero-order valence-corrected chi connectivity index (χ0v) is 12.3. The molecule has 2 rings (SSSR count). The van der Waals surface area contributed by atoms with E-state index in [0.29, 0.717) is 5.56 Å². The summed E-state index contributed by atoms with van der Waals surface area (Å²) in [5.41, 5.74) is 0.621. The second-order valence-corrected chi connectivity index (χ2v) is 5.89. The van der Waals surface area contributed by atoms with Gasteiger partial charge in [0.2, 0.25) is 0 Å². The molecule has 1 heterocycles. The van der Waals surface area contributed by atoms with Crippen molar-refractivity contribution in [3.63, 3.8) is 0 Å². The lowest BCUT2D eigenvalue weighted by Gasteiger charge is -2.18. The second-order valence-electron chi connectivity index (χ2n) is 5.04. The molecule has 0 spiro atoms. The number of carbonyl (C=O) groups is 1. The number of hydrogen-bond donors (Lipinski definition) is 1. The van der Waals surface area contributed by atoms with Crippen LogP contribution < -0.4 is 0 Å². The summed E-state index contributed by atoms with van der Waals surface area (Å²) in [6.45, 7) is -0.390. The van der Waals surface area contributed by atoms with Gasteiger partial charge in [-0.1, -0.05) is 6.07 Å². The van der Waals surface area contributed by atoms with Gasteiger partial charge in [-0.15, -0.1) is 0 Å². The molecule has 0 aliphatic carbocycles.